The molecule has 2 aliphatic rings. The Bertz CT molecular complexity index is 1370. The van der Waals surface area contributed by atoms with Gasteiger partial charge in [0.25, 0.3) is 5.56 Å². The fourth-order valence-electron chi connectivity index (χ4n) is 3.82. The van der Waals surface area contributed by atoms with E-state index in [-0.39, 0.29) is 47.0 Å². The molecular weight excluding hydrogens is 407 g/mol. The molecule has 1 N–H and O–H groups in total. The Balaban J connectivity index is 1.54. The molecule has 0 radical (unpaired) electrons. The van der Waals surface area contributed by atoms with E-state index in [0.29, 0.717) is 5.69 Å². The van der Waals surface area contributed by atoms with Gasteiger partial charge in [-0.2, -0.15) is 0 Å². The molecule has 1 saturated heterocycles. The zero-order chi connectivity index (χ0) is 21.9. The third kappa shape index (κ3) is 2.95. The molecular formula is C21H15FN4O5. The van der Waals surface area contributed by atoms with Crippen LogP contribution in [0.2, 0.25) is 0 Å². The number of nitrogens with one attached hydrogen (secondary N) is 1. The van der Waals surface area contributed by atoms with Crippen molar-refractivity contribution in [3.8, 4) is 5.69 Å². The van der Waals surface area contributed by atoms with E-state index < -0.39 is 29.4 Å². The van der Waals surface area contributed by atoms with Gasteiger partial charge in [0.2, 0.25) is 11.7 Å². The van der Waals surface area contributed by atoms with Gasteiger partial charge in [-0.1, -0.05) is 0 Å². The summed E-state index contributed by atoms with van der Waals surface area (Å²) in [5.74, 6) is -1.47. The lowest BCUT2D eigenvalue weighted by molar-refractivity contribution is -0.119. The summed E-state index contributed by atoms with van der Waals surface area (Å²) in [6, 6.07) is 8.26. The molecule has 3 aromatic rings. The summed E-state index contributed by atoms with van der Waals surface area (Å²) in [5.41, 5.74) is 0.567. The highest BCUT2D eigenvalue weighted by Gasteiger charge is 2.34. The highest BCUT2D eigenvalue weighted by atomic mass is 19.1. The number of anilines is 1. The molecule has 0 aliphatic carbocycles. The molecule has 0 saturated carbocycles. The van der Waals surface area contributed by atoms with Crippen LogP contribution in [-0.4, -0.2) is 46.5 Å². The lowest BCUT2D eigenvalue weighted by Gasteiger charge is -2.14. The third-order valence-electron chi connectivity index (χ3n) is 5.26. The van der Waals surface area contributed by atoms with Gasteiger partial charge in [-0.3, -0.25) is 23.9 Å². The number of aromatic nitrogens is 2. The van der Waals surface area contributed by atoms with Gasteiger partial charge in [-0.15, -0.1) is 0 Å². The summed E-state index contributed by atoms with van der Waals surface area (Å²) < 4.78 is 20.0. The topological polar surface area (TPSA) is 111 Å². The van der Waals surface area contributed by atoms with Gasteiger partial charge in [0, 0.05) is 12.6 Å². The maximum atomic E-state index is 13.6. The maximum Gasteiger partial charge on any atom is 0.414 e. The number of carbonyl (C=O) groups excluding carboxylic acids is 3. The van der Waals surface area contributed by atoms with E-state index >= 15 is 0 Å². The Morgan fingerprint density at radius 2 is 2.03 bits per heavy atom. The van der Waals surface area contributed by atoms with Crippen molar-refractivity contribution in [1.29, 1.82) is 0 Å². The molecule has 1 unspecified atom stereocenters. The first-order valence-electron chi connectivity index (χ1n) is 9.47. The van der Waals surface area contributed by atoms with Crippen LogP contribution in [-0.2, 0) is 9.53 Å². The minimum Gasteiger partial charge on any atom is -0.442 e. The van der Waals surface area contributed by atoms with Crippen molar-refractivity contribution in [3.63, 3.8) is 0 Å². The lowest BCUT2D eigenvalue weighted by Crippen LogP contribution is -2.33. The van der Waals surface area contributed by atoms with Crippen LogP contribution in [0.25, 0.3) is 16.6 Å². The van der Waals surface area contributed by atoms with Gasteiger partial charge in [0.1, 0.15) is 11.9 Å². The molecule has 1 aromatic heterocycles. The van der Waals surface area contributed by atoms with Crippen molar-refractivity contribution in [1.82, 2.24) is 14.9 Å². The molecule has 31 heavy (non-hydrogen) atoms. The van der Waals surface area contributed by atoms with E-state index in [4.69, 9.17) is 4.74 Å². The van der Waals surface area contributed by atoms with Crippen LogP contribution in [0, 0.1) is 5.82 Å². The average molecular weight is 422 g/mol. The molecule has 2 aromatic carbocycles. The second-order valence-corrected chi connectivity index (χ2v) is 7.32. The summed E-state index contributed by atoms with van der Waals surface area (Å²) in [6.07, 6.45) is -1.11. The molecule has 156 valence electrons. The number of ketones is 1. The smallest absolute Gasteiger partial charge is 0.414 e. The van der Waals surface area contributed by atoms with Gasteiger partial charge in [0.15, 0.2) is 5.82 Å². The Morgan fingerprint density at radius 1 is 1.23 bits per heavy atom. The molecule has 1 atom stereocenters. The predicted molar refractivity (Wildman–Crippen MR) is 107 cm³/mol. The fraction of sp³-hybridized carbons (Fsp3) is 0.190. The number of hydrogen-bond acceptors (Lipinski definition) is 6. The third-order valence-corrected chi connectivity index (χ3v) is 5.26. The van der Waals surface area contributed by atoms with E-state index in [2.05, 4.69) is 10.3 Å². The quantitative estimate of drug-likeness (QED) is 0.536. The summed E-state index contributed by atoms with van der Waals surface area (Å²) in [7, 11) is 0. The molecule has 5 rings (SSSR count). The van der Waals surface area contributed by atoms with Crippen LogP contribution in [0.3, 0.4) is 0 Å². The summed E-state index contributed by atoms with van der Waals surface area (Å²) in [5, 5.41) is 2.85. The van der Waals surface area contributed by atoms with Gasteiger partial charge in [0.05, 0.1) is 35.2 Å². The minimum absolute atomic E-state index is 0.0732. The zero-order valence-corrected chi connectivity index (χ0v) is 16.2. The van der Waals surface area contributed by atoms with E-state index in [1.807, 2.05) is 0 Å². The van der Waals surface area contributed by atoms with Crippen molar-refractivity contribution < 1.29 is 23.5 Å². The number of amides is 2. The fourth-order valence-corrected chi connectivity index (χ4v) is 3.82. The molecule has 0 spiro atoms. The second-order valence-electron chi connectivity index (χ2n) is 7.32. The van der Waals surface area contributed by atoms with Gasteiger partial charge >= 0.3 is 6.09 Å². The van der Waals surface area contributed by atoms with Crippen molar-refractivity contribution in [2.45, 2.75) is 13.0 Å². The highest BCUT2D eigenvalue weighted by molar-refractivity contribution is 6.13. The van der Waals surface area contributed by atoms with Crippen LogP contribution in [0.15, 0.2) is 41.2 Å². The van der Waals surface area contributed by atoms with Crippen molar-refractivity contribution in [2.24, 2.45) is 0 Å². The Kier molecular flexibility index (Phi) is 4.10. The van der Waals surface area contributed by atoms with Crippen molar-refractivity contribution >= 4 is 34.4 Å². The van der Waals surface area contributed by atoms with E-state index in [1.54, 1.807) is 6.07 Å². The standard InChI is InChI=1S/C21H15FN4O5/c1-10(27)23-8-13-9-25(21(30)31-13)12-3-4-14-16(7-12)24-19-18(28)15-6-11(22)2-5-17(15)26(19)20(14)29/h2-7,13H,8-9H2,1H3,(H,23,27). The van der Waals surface area contributed by atoms with Crippen LogP contribution in [0.1, 0.15) is 23.1 Å². The van der Waals surface area contributed by atoms with E-state index in [9.17, 15) is 23.6 Å². The SMILES string of the molecule is CC(=O)NCC1CN(c2ccc3c(=O)n4c(nc3c2)C(=O)c2cc(F)ccc2-4)C(=O)O1. The summed E-state index contributed by atoms with van der Waals surface area (Å²) in [4.78, 5) is 54.8. The summed E-state index contributed by atoms with van der Waals surface area (Å²) in [6.45, 7) is 1.76. The predicted octanol–water partition coefficient (Wildman–Crippen LogP) is 1.53. The van der Waals surface area contributed by atoms with Crippen molar-refractivity contribution in [3.05, 3.63) is 64.0 Å². The number of halogens is 1. The van der Waals surface area contributed by atoms with E-state index in [0.717, 1.165) is 6.07 Å². The largest absolute Gasteiger partial charge is 0.442 e. The number of ether oxygens (including phenoxy) is 1. The molecule has 2 aliphatic heterocycles. The number of carbonyl (C=O) groups is 3. The first-order valence-corrected chi connectivity index (χ1v) is 9.47. The van der Waals surface area contributed by atoms with Crippen molar-refractivity contribution in [2.75, 3.05) is 18.0 Å². The number of cyclic esters (lactones) is 1. The maximum absolute atomic E-state index is 13.6. The van der Waals surface area contributed by atoms with Crippen LogP contribution in [0.4, 0.5) is 14.9 Å². The Hall–Kier alpha value is -4.08. The monoisotopic (exact) mass is 422 g/mol. The number of benzene rings is 2. The number of fused-ring (bicyclic) bond motifs is 4. The van der Waals surface area contributed by atoms with Gasteiger partial charge in [-0.25, -0.2) is 14.2 Å². The van der Waals surface area contributed by atoms with E-state index in [1.165, 1.54) is 40.7 Å². The van der Waals surface area contributed by atoms with Crippen LogP contribution >= 0.6 is 0 Å². The first-order chi connectivity index (χ1) is 14.8. The zero-order valence-electron chi connectivity index (χ0n) is 16.2. The molecule has 2 amide bonds. The highest BCUT2D eigenvalue weighted by Crippen LogP contribution is 2.29. The van der Waals surface area contributed by atoms with Crippen LogP contribution < -0.4 is 15.8 Å². The minimum atomic E-state index is -0.591. The molecule has 1 fully saturated rings. The molecule has 3 heterocycles. The van der Waals surface area contributed by atoms with Crippen LogP contribution in [0.5, 0.6) is 0 Å². The molecule has 10 heteroatoms. The normalized spacial score (nSPS) is 17.0. The van der Waals surface area contributed by atoms with Gasteiger partial charge < -0.3 is 10.1 Å². The number of hydrogen-bond donors (Lipinski definition) is 1. The number of nitrogens with zero attached hydrogens (tertiary/aromatic N) is 3. The first kappa shape index (κ1) is 18.9. The number of rotatable bonds is 3. The Labute approximate surface area is 174 Å². The average Bonchev–Trinajstić information content (AvgIpc) is 3.24. The van der Waals surface area contributed by atoms with Gasteiger partial charge in [-0.05, 0) is 36.4 Å². The molecule has 0 bridgehead atoms. The molecule has 9 nitrogen and oxygen atoms in total. The second kappa shape index (κ2) is 6.73. The Morgan fingerprint density at radius 3 is 2.81 bits per heavy atom. The lowest BCUT2D eigenvalue weighted by atomic mass is 10.1. The summed E-state index contributed by atoms with van der Waals surface area (Å²) >= 11 is 0.